The summed E-state index contributed by atoms with van der Waals surface area (Å²) < 4.78 is 21.5. The van der Waals surface area contributed by atoms with Gasteiger partial charge in [-0.3, -0.25) is 0 Å². The van der Waals surface area contributed by atoms with Crippen LogP contribution in [0.1, 0.15) is 53.4 Å². The minimum absolute atomic E-state index is 0.535. The highest BCUT2D eigenvalue weighted by Gasteiger charge is 2.20. The Hall–Kier alpha value is 0.0200. The van der Waals surface area contributed by atoms with Gasteiger partial charge in [0.05, 0.1) is 0 Å². The average molecular weight is 249 g/mol. The van der Waals surface area contributed by atoms with E-state index in [1.165, 1.54) is 0 Å². The van der Waals surface area contributed by atoms with E-state index < -0.39 is 8.25 Å². The third-order valence-corrected chi connectivity index (χ3v) is 3.80. The second kappa shape index (κ2) is 10.2. The van der Waals surface area contributed by atoms with Gasteiger partial charge in [0.1, 0.15) is 13.2 Å². The molecule has 0 saturated carbocycles. The van der Waals surface area contributed by atoms with E-state index >= 15 is 0 Å². The lowest BCUT2D eigenvalue weighted by Gasteiger charge is -2.04. The van der Waals surface area contributed by atoms with Gasteiger partial charge in [0.2, 0.25) is 0 Å². The van der Waals surface area contributed by atoms with Gasteiger partial charge in [0.25, 0.3) is 0 Å². The molecule has 96 valence electrons. The fourth-order valence-corrected chi connectivity index (χ4v) is 1.69. The zero-order valence-corrected chi connectivity index (χ0v) is 12.0. The van der Waals surface area contributed by atoms with Crippen molar-refractivity contribution >= 4 is 8.25 Å². The predicted octanol–water partition coefficient (Wildman–Crippen LogP) is 4.55. The van der Waals surface area contributed by atoms with E-state index in [4.69, 9.17) is 9.05 Å². The standard InChI is InChI=1S/C12H26O3P/c1-5-11(3)7-9-14-16(13)15-10-8-12(4)6-2/h11-12H,5-10H2,1-4H3/q+1. The van der Waals surface area contributed by atoms with Crippen LogP contribution in [0.2, 0.25) is 0 Å². The molecule has 0 heterocycles. The molecule has 3 nitrogen and oxygen atoms in total. The maximum Gasteiger partial charge on any atom is 0.697 e. The van der Waals surface area contributed by atoms with Crippen molar-refractivity contribution in [2.75, 3.05) is 13.2 Å². The molecule has 0 fully saturated rings. The number of rotatable bonds is 10. The summed E-state index contributed by atoms with van der Waals surface area (Å²) in [5.74, 6) is 1.26. The molecule has 0 bridgehead atoms. The van der Waals surface area contributed by atoms with Gasteiger partial charge in [0, 0.05) is 4.57 Å². The molecule has 0 spiro atoms. The van der Waals surface area contributed by atoms with Crippen LogP contribution in [0.4, 0.5) is 0 Å². The summed E-state index contributed by atoms with van der Waals surface area (Å²) in [5.41, 5.74) is 0. The fourth-order valence-electron chi connectivity index (χ4n) is 1.10. The van der Waals surface area contributed by atoms with E-state index in [0.717, 1.165) is 25.7 Å². The molecule has 0 aromatic heterocycles. The molecule has 2 unspecified atom stereocenters. The van der Waals surface area contributed by atoms with Gasteiger partial charge in [-0.05, 0) is 24.7 Å². The van der Waals surface area contributed by atoms with E-state index in [1.54, 1.807) is 0 Å². The molecule has 0 aliphatic carbocycles. The molecule has 0 amide bonds. The SMILES string of the molecule is CCC(C)CCO[P+](=O)OCCC(C)CC. The van der Waals surface area contributed by atoms with Gasteiger partial charge in [-0.25, -0.2) is 0 Å². The molecular formula is C12H26O3P+. The Morgan fingerprint density at radius 2 is 1.31 bits per heavy atom. The monoisotopic (exact) mass is 249 g/mol. The largest absolute Gasteiger partial charge is 0.697 e. The minimum atomic E-state index is -1.90. The van der Waals surface area contributed by atoms with Gasteiger partial charge in [-0.15, -0.1) is 9.05 Å². The van der Waals surface area contributed by atoms with Crippen molar-refractivity contribution < 1.29 is 13.6 Å². The number of hydrogen-bond acceptors (Lipinski definition) is 3. The number of hydrogen-bond donors (Lipinski definition) is 0. The van der Waals surface area contributed by atoms with Crippen molar-refractivity contribution in [2.45, 2.75) is 53.4 Å². The van der Waals surface area contributed by atoms with E-state index in [0.29, 0.717) is 25.0 Å². The lowest BCUT2D eigenvalue weighted by molar-refractivity contribution is 0.204. The van der Waals surface area contributed by atoms with Crippen LogP contribution in [0.25, 0.3) is 0 Å². The van der Waals surface area contributed by atoms with Crippen LogP contribution in [0.15, 0.2) is 0 Å². The predicted molar refractivity (Wildman–Crippen MR) is 67.7 cm³/mol. The minimum Gasteiger partial charge on any atom is -0.119 e. The van der Waals surface area contributed by atoms with E-state index in [1.807, 2.05) is 0 Å². The van der Waals surface area contributed by atoms with Gasteiger partial charge < -0.3 is 0 Å². The summed E-state index contributed by atoms with van der Waals surface area (Å²) in [6.07, 6.45) is 4.17. The zero-order chi connectivity index (χ0) is 12.4. The Balaban J connectivity index is 3.38. The molecule has 0 rings (SSSR count). The highest BCUT2D eigenvalue weighted by atomic mass is 31.1. The van der Waals surface area contributed by atoms with Gasteiger partial charge in [0.15, 0.2) is 0 Å². The van der Waals surface area contributed by atoms with Crippen LogP contribution in [-0.2, 0) is 13.6 Å². The smallest absolute Gasteiger partial charge is 0.119 e. The molecule has 2 atom stereocenters. The third-order valence-electron chi connectivity index (χ3n) is 3.01. The molecule has 0 aromatic carbocycles. The summed E-state index contributed by atoms with van der Waals surface area (Å²) in [4.78, 5) is 0. The summed E-state index contributed by atoms with van der Waals surface area (Å²) in [6.45, 7) is 9.70. The molecule has 0 N–H and O–H groups in total. The molecular weight excluding hydrogens is 223 g/mol. The third kappa shape index (κ3) is 9.26. The Bertz CT molecular complexity index is 167. The van der Waals surface area contributed by atoms with Crippen molar-refractivity contribution in [3.63, 3.8) is 0 Å². The lowest BCUT2D eigenvalue weighted by Crippen LogP contribution is -2.00. The quantitative estimate of drug-likeness (QED) is 0.533. The van der Waals surface area contributed by atoms with Crippen LogP contribution < -0.4 is 0 Å². The van der Waals surface area contributed by atoms with Gasteiger partial charge in [-0.2, -0.15) is 0 Å². The molecule has 0 aliphatic heterocycles. The van der Waals surface area contributed by atoms with Gasteiger partial charge >= 0.3 is 8.25 Å². The molecule has 16 heavy (non-hydrogen) atoms. The molecule has 0 aromatic rings. The van der Waals surface area contributed by atoms with Crippen molar-refractivity contribution in [3.05, 3.63) is 0 Å². The van der Waals surface area contributed by atoms with Crippen molar-refractivity contribution in [1.82, 2.24) is 0 Å². The normalized spacial score (nSPS) is 15.9. The van der Waals surface area contributed by atoms with Crippen LogP contribution in [-0.4, -0.2) is 13.2 Å². The lowest BCUT2D eigenvalue weighted by atomic mass is 10.1. The van der Waals surface area contributed by atoms with E-state index in [-0.39, 0.29) is 0 Å². The molecule has 0 aliphatic rings. The topological polar surface area (TPSA) is 35.5 Å². The first-order valence-electron chi connectivity index (χ1n) is 6.33. The first kappa shape index (κ1) is 16.0. The van der Waals surface area contributed by atoms with Crippen molar-refractivity contribution in [2.24, 2.45) is 11.8 Å². The van der Waals surface area contributed by atoms with E-state index in [9.17, 15) is 4.57 Å². The van der Waals surface area contributed by atoms with Crippen LogP contribution in [0.5, 0.6) is 0 Å². The maximum absolute atomic E-state index is 11.3. The Morgan fingerprint density at radius 3 is 1.62 bits per heavy atom. The summed E-state index contributed by atoms with van der Waals surface area (Å²) in [6, 6.07) is 0. The molecule has 4 heteroatoms. The van der Waals surface area contributed by atoms with Crippen LogP contribution >= 0.6 is 8.25 Å². The second-order valence-electron chi connectivity index (χ2n) is 4.49. The Kier molecular flexibility index (Phi) is 10.2. The Labute approximate surface area is 101 Å². The maximum atomic E-state index is 11.3. The van der Waals surface area contributed by atoms with Gasteiger partial charge in [-0.1, -0.05) is 40.5 Å². The summed E-state index contributed by atoms with van der Waals surface area (Å²) in [5, 5.41) is 0. The fraction of sp³-hybridized carbons (Fsp3) is 1.00. The first-order chi connectivity index (χ1) is 7.60. The van der Waals surface area contributed by atoms with Crippen LogP contribution in [0.3, 0.4) is 0 Å². The van der Waals surface area contributed by atoms with E-state index in [2.05, 4.69) is 27.7 Å². The van der Waals surface area contributed by atoms with Crippen LogP contribution in [0, 0.1) is 11.8 Å². The highest BCUT2D eigenvalue weighted by molar-refractivity contribution is 7.33. The second-order valence-corrected chi connectivity index (χ2v) is 5.46. The average Bonchev–Trinajstić information content (AvgIpc) is 2.28. The highest BCUT2D eigenvalue weighted by Crippen LogP contribution is 2.25. The van der Waals surface area contributed by atoms with Crippen molar-refractivity contribution in [3.8, 4) is 0 Å². The summed E-state index contributed by atoms with van der Waals surface area (Å²) >= 11 is 0. The zero-order valence-electron chi connectivity index (χ0n) is 11.1. The summed E-state index contributed by atoms with van der Waals surface area (Å²) in [7, 11) is -1.90. The molecule has 0 radical (unpaired) electrons. The molecule has 0 saturated heterocycles. The Morgan fingerprint density at radius 1 is 0.938 bits per heavy atom. The van der Waals surface area contributed by atoms with Crippen molar-refractivity contribution in [1.29, 1.82) is 0 Å². The first-order valence-corrected chi connectivity index (χ1v) is 7.42.